The van der Waals surface area contributed by atoms with Crippen molar-refractivity contribution in [3.8, 4) is 10.6 Å². The number of hydrogen-bond donors (Lipinski definition) is 2. The molecule has 2 N–H and O–H groups in total. The maximum absolute atomic E-state index is 13.5. The summed E-state index contributed by atoms with van der Waals surface area (Å²) in [7, 11) is 0. The Labute approximate surface area is 105 Å². The molecule has 2 aromatic heterocycles. The third-order valence-electron chi connectivity index (χ3n) is 2.56. The summed E-state index contributed by atoms with van der Waals surface area (Å²) in [6.07, 6.45) is 0. The third-order valence-corrected chi connectivity index (χ3v) is 3.75. The van der Waals surface area contributed by atoms with Crippen LogP contribution >= 0.6 is 11.3 Å². The Morgan fingerprint density at radius 2 is 2.22 bits per heavy atom. The van der Waals surface area contributed by atoms with Crippen LogP contribution in [-0.2, 0) is 0 Å². The number of rotatable bonds is 2. The molecule has 0 bridgehead atoms. The summed E-state index contributed by atoms with van der Waals surface area (Å²) in [4.78, 5) is 11.5. The fourth-order valence-electron chi connectivity index (χ4n) is 1.72. The molecule has 0 amide bonds. The Hall–Kier alpha value is -2.21. The van der Waals surface area contributed by atoms with Crippen molar-refractivity contribution in [2.75, 3.05) is 0 Å². The SMILES string of the molecule is O=C(O)c1cc(-c2cc3cccc(F)c3s2)[nH]n1. The average molecular weight is 262 g/mol. The highest BCUT2D eigenvalue weighted by atomic mass is 32.1. The Kier molecular flexibility index (Phi) is 2.38. The van der Waals surface area contributed by atoms with Crippen LogP contribution in [0.3, 0.4) is 0 Å². The predicted molar refractivity (Wildman–Crippen MR) is 66.3 cm³/mol. The predicted octanol–water partition coefficient (Wildman–Crippen LogP) is 3.13. The first kappa shape index (κ1) is 10.9. The summed E-state index contributed by atoms with van der Waals surface area (Å²) in [6.45, 7) is 0. The molecule has 0 saturated carbocycles. The lowest BCUT2D eigenvalue weighted by Crippen LogP contribution is -1.95. The number of carboxylic acids is 1. The van der Waals surface area contributed by atoms with Crippen LogP contribution in [-0.4, -0.2) is 21.3 Å². The van der Waals surface area contributed by atoms with Gasteiger partial charge in [-0.1, -0.05) is 12.1 Å². The molecule has 0 aliphatic carbocycles. The smallest absolute Gasteiger partial charge is 0.356 e. The van der Waals surface area contributed by atoms with Crippen molar-refractivity contribution in [2.45, 2.75) is 0 Å². The first-order valence-corrected chi connectivity index (χ1v) is 5.94. The van der Waals surface area contributed by atoms with Crippen LogP contribution in [0, 0.1) is 5.82 Å². The summed E-state index contributed by atoms with van der Waals surface area (Å²) < 4.78 is 14.1. The van der Waals surface area contributed by atoms with Crippen LogP contribution < -0.4 is 0 Å². The Morgan fingerprint density at radius 1 is 1.39 bits per heavy atom. The van der Waals surface area contributed by atoms with Crippen molar-refractivity contribution in [1.29, 1.82) is 0 Å². The summed E-state index contributed by atoms with van der Waals surface area (Å²) in [5.74, 6) is -1.37. The maximum atomic E-state index is 13.5. The molecule has 0 spiro atoms. The van der Waals surface area contributed by atoms with E-state index in [4.69, 9.17) is 5.11 Å². The zero-order valence-electron chi connectivity index (χ0n) is 8.98. The average Bonchev–Trinajstić information content (AvgIpc) is 2.95. The second-order valence-electron chi connectivity index (χ2n) is 3.74. The molecule has 0 unspecified atom stereocenters. The number of aromatic nitrogens is 2. The molecule has 3 aromatic rings. The van der Waals surface area contributed by atoms with Crippen molar-refractivity contribution in [3.05, 3.63) is 41.8 Å². The lowest BCUT2D eigenvalue weighted by Gasteiger charge is -1.88. The first-order valence-electron chi connectivity index (χ1n) is 5.12. The van der Waals surface area contributed by atoms with Gasteiger partial charge >= 0.3 is 5.97 Å². The van der Waals surface area contributed by atoms with Gasteiger partial charge in [-0.3, -0.25) is 5.10 Å². The Balaban J connectivity index is 2.13. The molecule has 0 radical (unpaired) electrons. The standard InChI is InChI=1S/C12H7FN2O2S/c13-7-3-1-2-6-4-10(18-11(6)7)8-5-9(12(16)17)15-14-8/h1-5H,(H,14,15)(H,16,17). The minimum absolute atomic E-state index is 0.0528. The van der Waals surface area contributed by atoms with Crippen LogP contribution in [0.4, 0.5) is 4.39 Å². The van der Waals surface area contributed by atoms with Crippen LogP contribution in [0.1, 0.15) is 10.5 Å². The van der Waals surface area contributed by atoms with Gasteiger partial charge in [-0.15, -0.1) is 11.3 Å². The molecule has 3 rings (SSSR count). The van der Waals surface area contributed by atoms with E-state index in [0.29, 0.717) is 10.4 Å². The highest BCUT2D eigenvalue weighted by Crippen LogP contribution is 2.34. The number of hydrogen-bond acceptors (Lipinski definition) is 3. The van der Waals surface area contributed by atoms with Gasteiger partial charge in [0.05, 0.1) is 15.3 Å². The number of carbonyl (C=O) groups is 1. The number of thiophene rings is 1. The quantitative estimate of drug-likeness (QED) is 0.745. The number of carboxylic acid groups (broad SMARTS) is 1. The molecule has 0 saturated heterocycles. The van der Waals surface area contributed by atoms with Gasteiger partial charge in [0.25, 0.3) is 0 Å². The van der Waals surface area contributed by atoms with E-state index in [9.17, 15) is 9.18 Å². The number of H-pyrrole nitrogens is 1. The third kappa shape index (κ3) is 1.67. The van der Waals surface area contributed by atoms with Gasteiger partial charge in [0.15, 0.2) is 5.69 Å². The lowest BCUT2D eigenvalue weighted by molar-refractivity contribution is 0.0690. The van der Waals surface area contributed by atoms with Gasteiger partial charge < -0.3 is 5.11 Å². The molecule has 0 atom stereocenters. The first-order chi connectivity index (χ1) is 8.65. The number of aromatic carboxylic acids is 1. The molecule has 4 nitrogen and oxygen atoms in total. The van der Waals surface area contributed by atoms with E-state index in [2.05, 4.69) is 10.2 Å². The van der Waals surface area contributed by atoms with E-state index in [1.165, 1.54) is 23.5 Å². The summed E-state index contributed by atoms with van der Waals surface area (Å²) in [5, 5.41) is 15.9. The van der Waals surface area contributed by atoms with Gasteiger partial charge in [0.2, 0.25) is 0 Å². The van der Waals surface area contributed by atoms with Crippen molar-refractivity contribution in [1.82, 2.24) is 10.2 Å². The number of nitrogens with zero attached hydrogens (tertiary/aromatic N) is 1. The molecular formula is C12H7FN2O2S. The summed E-state index contributed by atoms with van der Waals surface area (Å²) in [5.41, 5.74) is 0.524. The monoisotopic (exact) mass is 262 g/mol. The number of benzene rings is 1. The maximum Gasteiger partial charge on any atom is 0.356 e. The van der Waals surface area contributed by atoms with E-state index in [0.717, 1.165) is 10.3 Å². The molecule has 0 aliphatic rings. The molecule has 0 aliphatic heterocycles. The van der Waals surface area contributed by atoms with Gasteiger partial charge in [0, 0.05) is 0 Å². The molecule has 6 heteroatoms. The number of nitrogens with one attached hydrogen (secondary N) is 1. The zero-order chi connectivity index (χ0) is 12.7. The van der Waals surface area contributed by atoms with E-state index in [1.54, 1.807) is 6.07 Å². The minimum atomic E-state index is -1.09. The van der Waals surface area contributed by atoms with Crippen LogP contribution in [0.15, 0.2) is 30.3 Å². The summed E-state index contributed by atoms with van der Waals surface area (Å²) in [6, 6.07) is 8.10. The van der Waals surface area contributed by atoms with E-state index in [1.807, 2.05) is 12.1 Å². The topological polar surface area (TPSA) is 66.0 Å². The molecule has 18 heavy (non-hydrogen) atoms. The Bertz CT molecular complexity index is 747. The highest BCUT2D eigenvalue weighted by molar-refractivity contribution is 7.22. The normalized spacial score (nSPS) is 10.9. The minimum Gasteiger partial charge on any atom is -0.476 e. The fourth-order valence-corrected chi connectivity index (χ4v) is 2.75. The second-order valence-corrected chi connectivity index (χ2v) is 4.79. The van der Waals surface area contributed by atoms with Crippen molar-refractivity contribution < 1.29 is 14.3 Å². The Morgan fingerprint density at radius 3 is 2.89 bits per heavy atom. The zero-order valence-corrected chi connectivity index (χ0v) is 9.79. The second kappa shape index (κ2) is 3.92. The van der Waals surface area contributed by atoms with E-state index in [-0.39, 0.29) is 11.5 Å². The van der Waals surface area contributed by atoms with Crippen molar-refractivity contribution in [3.63, 3.8) is 0 Å². The van der Waals surface area contributed by atoms with Crippen molar-refractivity contribution in [2.24, 2.45) is 0 Å². The molecule has 90 valence electrons. The summed E-state index contributed by atoms with van der Waals surface area (Å²) >= 11 is 1.26. The molecular weight excluding hydrogens is 255 g/mol. The fraction of sp³-hybridized carbons (Fsp3) is 0. The van der Waals surface area contributed by atoms with Gasteiger partial charge in [0.1, 0.15) is 5.82 Å². The molecule has 1 aromatic carbocycles. The van der Waals surface area contributed by atoms with Gasteiger partial charge in [-0.05, 0) is 23.6 Å². The van der Waals surface area contributed by atoms with Crippen LogP contribution in [0.5, 0.6) is 0 Å². The van der Waals surface area contributed by atoms with E-state index >= 15 is 0 Å². The van der Waals surface area contributed by atoms with Crippen LogP contribution in [0.25, 0.3) is 20.7 Å². The number of halogens is 1. The van der Waals surface area contributed by atoms with E-state index < -0.39 is 5.97 Å². The number of fused-ring (bicyclic) bond motifs is 1. The van der Waals surface area contributed by atoms with Gasteiger partial charge in [-0.2, -0.15) is 5.10 Å². The molecule has 0 fully saturated rings. The lowest BCUT2D eigenvalue weighted by atomic mass is 10.2. The molecule has 2 heterocycles. The highest BCUT2D eigenvalue weighted by Gasteiger charge is 2.12. The largest absolute Gasteiger partial charge is 0.476 e. The van der Waals surface area contributed by atoms with Gasteiger partial charge in [-0.25, -0.2) is 9.18 Å². The van der Waals surface area contributed by atoms with Crippen LogP contribution in [0.2, 0.25) is 0 Å². The van der Waals surface area contributed by atoms with Crippen molar-refractivity contribution >= 4 is 27.4 Å². The number of aromatic amines is 1.